The molecule has 0 saturated heterocycles. The first-order valence-electron chi connectivity index (χ1n) is 10.2. The molecule has 2 amide bonds. The highest BCUT2D eigenvalue weighted by molar-refractivity contribution is 5.92. The largest absolute Gasteiger partial charge is 0.454 e. The Hall–Kier alpha value is -4.08. The molecule has 10 heteroatoms. The molecule has 1 aromatic heterocycles. The Balaban J connectivity index is 1.30. The Labute approximate surface area is 183 Å². The molecule has 2 aromatic carbocycles. The molecule has 0 atom stereocenters. The zero-order chi connectivity index (χ0) is 22.2. The van der Waals surface area contributed by atoms with Crippen molar-refractivity contribution in [2.45, 2.75) is 26.6 Å². The topological polar surface area (TPSA) is 108 Å². The maximum absolute atomic E-state index is 12.9. The highest BCUT2D eigenvalue weighted by atomic mass is 16.7. The third kappa shape index (κ3) is 3.59. The summed E-state index contributed by atoms with van der Waals surface area (Å²) in [5, 5.41) is 6.86. The van der Waals surface area contributed by atoms with Crippen LogP contribution in [0, 0.1) is 6.92 Å². The Morgan fingerprint density at radius 3 is 2.75 bits per heavy atom. The quantitative estimate of drug-likeness (QED) is 0.649. The van der Waals surface area contributed by atoms with Crippen LogP contribution in [0.5, 0.6) is 11.5 Å². The van der Waals surface area contributed by atoms with Crippen molar-refractivity contribution in [2.24, 2.45) is 0 Å². The number of carbonyl (C=O) groups is 2. The van der Waals surface area contributed by atoms with Gasteiger partial charge in [0, 0.05) is 31.4 Å². The second-order valence-corrected chi connectivity index (χ2v) is 7.68. The molecule has 0 saturated carbocycles. The van der Waals surface area contributed by atoms with Gasteiger partial charge in [0.15, 0.2) is 11.5 Å². The fraction of sp³-hybridized carbons (Fsp3) is 0.273. The van der Waals surface area contributed by atoms with E-state index in [2.05, 4.69) is 10.4 Å². The second-order valence-electron chi connectivity index (χ2n) is 7.68. The highest BCUT2D eigenvalue weighted by Gasteiger charge is 2.30. The monoisotopic (exact) mass is 435 g/mol. The number of anilines is 1. The van der Waals surface area contributed by atoms with Gasteiger partial charge in [0.1, 0.15) is 6.54 Å². The molecule has 0 unspecified atom stereocenters. The number of hydrogen-bond donors (Lipinski definition) is 1. The lowest BCUT2D eigenvalue weighted by Gasteiger charge is -2.27. The standard InChI is InChI=1S/C22H21N5O5/c1-14-4-2-3-5-15(14)11-25-8-9-26-20(21(25)29)24-27(22(26)30)12-19(28)23-16-6-7-17-18(10-16)32-13-31-17/h2-7,10H,8-9,11-13H2,1H3,(H,23,28). The molecule has 10 nitrogen and oxygen atoms in total. The average Bonchev–Trinajstić information content (AvgIpc) is 3.36. The Morgan fingerprint density at radius 1 is 1.09 bits per heavy atom. The first-order valence-corrected chi connectivity index (χ1v) is 10.2. The predicted molar refractivity (Wildman–Crippen MR) is 114 cm³/mol. The van der Waals surface area contributed by atoms with Crippen LogP contribution in [-0.2, 0) is 24.4 Å². The fourth-order valence-electron chi connectivity index (χ4n) is 3.82. The van der Waals surface area contributed by atoms with Crippen LogP contribution in [0.15, 0.2) is 47.3 Å². The minimum Gasteiger partial charge on any atom is -0.454 e. The van der Waals surface area contributed by atoms with Gasteiger partial charge in [-0.3, -0.25) is 14.2 Å². The molecule has 164 valence electrons. The zero-order valence-corrected chi connectivity index (χ0v) is 17.4. The number of rotatable bonds is 5. The van der Waals surface area contributed by atoms with Crippen LogP contribution >= 0.6 is 0 Å². The van der Waals surface area contributed by atoms with Gasteiger partial charge >= 0.3 is 5.69 Å². The van der Waals surface area contributed by atoms with E-state index in [-0.39, 0.29) is 25.1 Å². The minimum atomic E-state index is -0.482. The summed E-state index contributed by atoms with van der Waals surface area (Å²) in [6.07, 6.45) is 0. The van der Waals surface area contributed by atoms with Crippen molar-refractivity contribution in [1.82, 2.24) is 19.2 Å². The van der Waals surface area contributed by atoms with Gasteiger partial charge in [-0.15, -0.1) is 5.10 Å². The lowest BCUT2D eigenvalue weighted by molar-refractivity contribution is -0.117. The van der Waals surface area contributed by atoms with Gasteiger partial charge < -0.3 is 19.7 Å². The number of nitrogens with one attached hydrogen (secondary N) is 1. The Kier molecular flexibility index (Phi) is 4.89. The minimum absolute atomic E-state index is 0.0470. The van der Waals surface area contributed by atoms with Gasteiger partial charge in [-0.25, -0.2) is 9.48 Å². The van der Waals surface area contributed by atoms with Gasteiger partial charge in [-0.05, 0) is 30.2 Å². The first-order chi connectivity index (χ1) is 15.5. The summed E-state index contributed by atoms with van der Waals surface area (Å²) in [7, 11) is 0. The van der Waals surface area contributed by atoms with E-state index in [0.29, 0.717) is 36.8 Å². The van der Waals surface area contributed by atoms with Crippen LogP contribution in [0.1, 0.15) is 21.7 Å². The number of carbonyl (C=O) groups excluding carboxylic acids is 2. The molecule has 2 aliphatic heterocycles. The van der Waals surface area contributed by atoms with Gasteiger partial charge in [0.2, 0.25) is 18.5 Å². The van der Waals surface area contributed by atoms with E-state index in [4.69, 9.17) is 9.47 Å². The third-order valence-electron chi connectivity index (χ3n) is 5.57. The van der Waals surface area contributed by atoms with Gasteiger partial charge in [0.25, 0.3) is 5.91 Å². The molecule has 2 aliphatic rings. The molecule has 1 N–H and O–H groups in total. The number of benzene rings is 2. The van der Waals surface area contributed by atoms with Crippen molar-refractivity contribution >= 4 is 17.5 Å². The van der Waals surface area contributed by atoms with Crippen LogP contribution < -0.4 is 20.5 Å². The molecule has 0 aliphatic carbocycles. The summed E-state index contributed by atoms with van der Waals surface area (Å²) in [4.78, 5) is 39.8. The van der Waals surface area contributed by atoms with Gasteiger partial charge in [0.05, 0.1) is 0 Å². The number of fused-ring (bicyclic) bond motifs is 2. The van der Waals surface area contributed by atoms with E-state index >= 15 is 0 Å². The highest BCUT2D eigenvalue weighted by Crippen LogP contribution is 2.34. The number of aromatic nitrogens is 3. The van der Waals surface area contributed by atoms with E-state index < -0.39 is 11.6 Å². The Bertz CT molecular complexity index is 1280. The number of nitrogens with zero attached hydrogens (tertiary/aromatic N) is 4. The molecule has 0 radical (unpaired) electrons. The summed E-state index contributed by atoms with van der Waals surface area (Å²) in [5.41, 5.74) is 2.16. The first kappa shape index (κ1) is 19.9. The Morgan fingerprint density at radius 2 is 1.91 bits per heavy atom. The normalized spacial score (nSPS) is 14.4. The smallest absolute Gasteiger partial charge is 0.346 e. The lowest BCUT2D eigenvalue weighted by atomic mass is 10.1. The van der Waals surface area contributed by atoms with E-state index in [1.54, 1.807) is 23.1 Å². The van der Waals surface area contributed by atoms with Crippen molar-refractivity contribution in [1.29, 1.82) is 0 Å². The SMILES string of the molecule is Cc1ccccc1CN1CCn2c(nn(CC(=O)Nc3ccc4c(c3)OCO4)c2=O)C1=O. The van der Waals surface area contributed by atoms with E-state index in [9.17, 15) is 14.4 Å². The van der Waals surface area contributed by atoms with Crippen LogP contribution in [0.3, 0.4) is 0 Å². The number of aryl methyl sites for hydroxylation is 1. The van der Waals surface area contributed by atoms with E-state index in [0.717, 1.165) is 15.8 Å². The van der Waals surface area contributed by atoms with Crippen molar-refractivity contribution in [3.8, 4) is 11.5 Å². The zero-order valence-electron chi connectivity index (χ0n) is 17.4. The summed E-state index contributed by atoms with van der Waals surface area (Å²) in [5.74, 6) is 0.425. The van der Waals surface area contributed by atoms with Crippen LogP contribution in [0.4, 0.5) is 5.69 Å². The molecule has 5 rings (SSSR count). The molecule has 3 aromatic rings. The molecular weight excluding hydrogens is 414 g/mol. The van der Waals surface area contributed by atoms with Crippen molar-refractivity contribution in [3.05, 3.63) is 69.9 Å². The van der Waals surface area contributed by atoms with Crippen molar-refractivity contribution in [2.75, 3.05) is 18.7 Å². The van der Waals surface area contributed by atoms with Gasteiger partial charge in [-0.2, -0.15) is 0 Å². The number of amides is 2. The van der Waals surface area contributed by atoms with Gasteiger partial charge in [-0.1, -0.05) is 24.3 Å². The maximum atomic E-state index is 12.9. The second kappa shape index (κ2) is 7.88. The summed E-state index contributed by atoms with van der Waals surface area (Å²) >= 11 is 0. The molecular formula is C22H21N5O5. The van der Waals surface area contributed by atoms with E-state index in [1.807, 2.05) is 31.2 Å². The van der Waals surface area contributed by atoms with Crippen molar-refractivity contribution < 1.29 is 19.1 Å². The predicted octanol–water partition coefficient (Wildman–Crippen LogP) is 1.38. The summed E-state index contributed by atoms with van der Waals surface area (Å²) < 4.78 is 12.9. The van der Waals surface area contributed by atoms with Crippen LogP contribution in [0.2, 0.25) is 0 Å². The molecule has 32 heavy (non-hydrogen) atoms. The number of ether oxygens (including phenoxy) is 2. The summed E-state index contributed by atoms with van der Waals surface area (Å²) in [6, 6.07) is 12.9. The third-order valence-corrected chi connectivity index (χ3v) is 5.57. The molecule has 0 fully saturated rings. The van der Waals surface area contributed by atoms with Crippen molar-refractivity contribution in [3.63, 3.8) is 0 Å². The fourth-order valence-corrected chi connectivity index (χ4v) is 3.82. The average molecular weight is 435 g/mol. The van der Waals surface area contributed by atoms with E-state index in [1.165, 1.54) is 4.57 Å². The maximum Gasteiger partial charge on any atom is 0.346 e. The van der Waals surface area contributed by atoms with Crippen LogP contribution in [-0.4, -0.2) is 44.4 Å². The molecule has 0 bridgehead atoms. The summed E-state index contributed by atoms with van der Waals surface area (Å²) in [6.45, 7) is 2.99. The molecule has 0 spiro atoms. The molecule has 3 heterocycles. The number of hydrogen-bond acceptors (Lipinski definition) is 6. The lowest BCUT2D eigenvalue weighted by Crippen LogP contribution is -2.42. The van der Waals surface area contributed by atoms with Crippen LogP contribution in [0.25, 0.3) is 0 Å².